The van der Waals surface area contributed by atoms with Crippen molar-refractivity contribution >= 4 is 17.3 Å². The van der Waals surface area contributed by atoms with Gasteiger partial charge in [0, 0.05) is 6.07 Å². The van der Waals surface area contributed by atoms with Crippen LogP contribution in [-0.2, 0) is 0 Å². The lowest BCUT2D eigenvalue weighted by molar-refractivity contribution is 0.102. The number of methoxy groups -OCH3 is 1. The summed E-state index contributed by atoms with van der Waals surface area (Å²) in [4.78, 5) is 12.0. The summed E-state index contributed by atoms with van der Waals surface area (Å²) in [7, 11) is 1.50. The second-order valence-corrected chi connectivity index (χ2v) is 4.07. The summed E-state index contributed by atoms with van der Waals surface area (Å²) < 4.78 is 18.1. The molecule has 0 spiro atoms. The minimum Gasteiger partial charge on any atom is -0.507 e. The predicted octanol–water partition coefficient (Wildman–Crippen LogP) is 2.37. The fourth-order valence-corrected chi connectivity index (χ4v) is 1.66. The highest BCUT2D eigenvalue weighted by molar-refractivity contribution is 6.07. The molecule has 4 N–H and O–H groups in total. The van der Waals surface area contributed by atoms with Gasteiger partial charge in [-0.1, -0.05) is 0 Å². The Labute approximate surface area is 114 Å². The van der Waals surface area contributed by atoms with E-state index >= 15 is 0 Å². The number of amides is 1. The van der Waals surface area contributed by atoms with Crippen molar-refractivity contribution in [1.29, 1.82) is 0 Å². The van der Waals surface area contributed by atoms with Crippen LogP contribution in [0, 0.1) is 5.82 Å². The van der Waals surface area contributed by atoms with Crippen LogP contribution in [0.15, 0.2) is 36.4 Å². The number of benzene rings is 2. The molecule has 0 radical (unpaired) electrons. The van der Waals surface area contributed by atoms with Crippen LogP contribution < -0.4 is 15.8 Å². The molecule has 0 atom stereocenters. The van der Waals surface area contributed by atoms with E-state index in [-0.39, 0.29) is 11.3 Å². The maximum absolute atomic E-state index is 13.1. The minimum absolute atomic E-state index is 0.166. The third-order valence-corrected chi connectivity index (χ3v) is 2.71. The Morgan fingerprint density at radius 1 is 1.30 bits per heavy atom. The molecule has 0 aliphatic rings. The van der Waals surface area contributed by atoms with Gasteiger partial charge in [-0.2, -0.15) is 0 Å². The number of rotatable bonds is 3. The molecule has 0 bridgehead atoms. The molecule has 0 aliphatic heterocycles. The summed E-state index contributed by atoms with van der Waals surface area (Å²) in [5, 5.41) is 12.1. The summed E-state index contributed by atoms with van der Waals surface area (Å²) in [6.07, 6.45) is 0. The van der Waals surface area contributed by atoms with E-state index in [1.165, 1.54) is 7.11 Å². The molecule has 0 aliphatic carbocycles. The van der Waals surface area contributed by atoms with Crippen molar-refractivity contribution in [3.8, 4) is 11.5 Å². The number of phenols is 1. The summed E-state index contributed by atoms with van der Waals surface area (Å²) in [6, 6.07) is 7.85. The maximum Gasteiger partial charge on any atom is 0.259 e. The zero-order valence-corrected chi connectivity index (χ0v) is 10.7. The topological polar surface area (TPSA) is 84.6 Å². The van der Waals surface area contributed by atoms with E-state index in [9.17, 15) is 14.3 Å². The number of ether oxygens (including phenoxy) is 1. The number of hydrogen-bond acceptors (Lipinski definition) is 4. The Balaban J connectivity index is 2.25. The van der Waals surface area contributed by atoms with Gasteiger partial charge in [0.15, 0.2) is 0 Å². The van der Waals surface area contributed by atoms with E-state index in [0.29, 0.717) is 17.1 Å². The van der Waals surface area contributed by atoms with Crippen molar-refractivity contribution in [2.45, 2.75) is 0 Å². The molecule has 0 heterocycles. The molecule has 0 fully saturated rings. The van der Waals surface area contributed by atoms with Crippen LogP contribution in [0.5, 0.6) is 11.5 Å². The third kappa shape index (κ3) is 2.80. The molecular formula is C14H13FN2O3. The predicted molar refractivity (Wildman–Crippen MR) is 73.4 cm³/mol. The highest BCUT2D eigenvalue weighted by Crippen LogP contribution is 2.26. The second-order valence-electron chi connectivity index (χ2n) is 4.07. The standard InChI is InChI=1S/C14H13FN2O3/c1-20-9-3-4-12(11(16)7-9)17-14(19)10-6-8(15)2-5-13(10)18/h2-7,18H,16H2,1H3,(H,17,19). The number of aromatic hydroxyl groups is 1. The lowest BCUT2D eigenvalue weighted by Gasteiger charge is -2.10. The molecule has 2 rings (SSSR count). The highest BCUT2D eigenvalue weighted by Gasteiger charge is 2.13. The fraction of sp³-hybridized carbons (Fsp3) is 0.0714. The van der Waals surface area contributed by atoms with Gasteiger partial charge < -0.3 is 20.9 Å². The number of halogens is 1. The van der Waals surface area contributed by atoms with Gasteiger partial charge in [-0.15, -0.1) is 0 Å². The van der Waals surface area contributed by atoms with E-state index < -0.39 is 11.7 Å². The molecule has 0 aromatic heterocycles. The van der Waals surface area contributed by atoms with Crippen LogP contribution in [0.4, 0.5) is 15.8 Å². The van der Waals surface area contributed by atoms with Crippen molar-refractivity contribution < 1.29 is 19.0 Å². The van der Waals surface area contributed by atoms with Crippen LogP contribution in [0.3, 0.4) is 0 Å². The van der Waals surface area contributed by atoms with Gasteiger partial charge >= 0.3 is 0 Å². The van der Waals surface area contributed by atoms with Crippen LogP contribution in [-0.4, -0.2) is 18.1 Å². The number of hydrogen-bond donors (Lipinski definition) is 3. The van der Waals surface area contributed by atoms with E-state index in [4.69, 9.17) is 10.5 Å². The average molecular weight is 276 g/mol. The number of nitrogens with two attached hydrogens (primary N) is 1. The molecule has 0 saturated heterocycles. The quantitative estimate of drug-likeness (QED) is 0.751. The normalized spacial score (nSPS) is 10.1. The lowest BCUT2D eigenvalue weighted by Crippen LogP contribution is -2.13. The van der Waals surface area contributed by atoms with Gasteiger partial charge in [-0.25, -0.2) is 4.39 Å². The molecule has 2 aromatic carbocycles. The maximum atomic E-state index is 13.1. The first-order chi connectivity index (χ1) is 9.51. The Morgan fingerprint density at radius 2 is 2.05 bits per heavy atom. The van der Waals surface area contributed by atoms with E-state index in [0.717, 1.165) is 18.2 Å². The largest absolute Gasteiger partial charge is 0.507 e. The average Bonchev–Trinajstić information content (AvgIpc) is 2.43. The van der Waals surface area contributed by atoms with Crippen LogP contribution in [0.1, 0.15) is 10.4 Å². The molecule has 0 unspecified atom stereocenters. The van der Waals surface area contributed by atoms with E-state index in [2.05, 4.69) is 5.32 Å². The Kier molecular flexibility index (Phi) is 3.74. The number of nitrogens with one attached hydrogen (secondary N) is 1. The van der Waals surface area contributed by atoms with Crippen LogP contribution in [0.2, 0.25) is 0 Å². The van der Waals surface area contributed by atoms with Gasteiger partial charge in [0.2, 0.25) is 0 Å². The van der Waals surface area contributed by atoms with E-state index in [1.807, 2.05) is 0 Å². The van der Waals surface area contributed by atoms with Gasteiger partial charge in [0.05, 0.1) is 24.0 Å². The van der Waals surface area contributed by atoms with Crippen molar-refractivity contribution in [1.82, 2.24) is 0 Å². The molecule has 0 saturated carbocycles. The number of carbonyl (C=O) groups excluding carboxylic acids is 1. The van der Waals surface area contributed by atoms with Crippen LogP contribution >= 0.6 is 0 Å². The molecule has 104 valence electrons. The summed E-state index contributed by atoms with van der Waals surface area (Å²) in [6.45, 7) is 0. The SMILES string of the molecule is COc1ccc(NC(=O)c2cc(F)ccc2O)c(N)c1. The summed E-state index contributed by atoms with van der Waals surface area (Å²) in [5.41, 5.74) is 6.24. The number of anilines is 2. The van der Waals surface area contributed by atoms with Gasteiger partial charge in [0.25, 0.3) is 5.91 Å². The first-order valence-electron chi connectivity index (χ1n) is 5.74. The smallest absolute Gasteiger partial charge is 0.259 e. The number of nitrogen functional groups attached to an aromatic ring is 1. The molecular weight excluding hydrogens is 263 g/mol. The van der Waals surface area contributed by atoms with Gasteiger partial charge in [-0.3, -0.25) is 4.79 Å². The first-order valence-corrected chi connectivity index (χ1v) is 5.74. The molecule has 20 heavy (non-hydrogen) atoms. The Bertz CT molecular complexity index is 659. The monoisotopic (exact) mass is 276 g/mol. The van der Waals surface area contributed by atoms with Crippen molar-refractivity contribution in [3.05, 3.63) is 47.8 Å². The van der Waals surface area contributed by atoms with E-state index in [1.54, 1.807) is 18.2 Å². The Hall–Kier alpha value is -2.76. The highest BCUT2D eigenvalue weighted by atomic mass is 19.1. The van der Waals surface area contributed by atoms with Gasteiger partial charge in [-0.05, 0) is 30.3 Å². The summed E-state index contributed by atoms with van der Waals surface area (Å²) in [5.74, 6) is -1.03. The zero-order valence-electron chi connectivity index (χ0n) is 10.7. The minimum atomic E-state index is -0.654. The number of phenolic OH excluding ortho intramolecular Hbond substituents is 1. The molecule has 5 nitrogen and oxygen atoms in total. The van der Waals surface area contributed by atoms with Crippen LogP contribution in [0.25, 0.3) is 0 Å². The lowest BCUT2D eigenvalue weighted by atomic mass is 10.1. The van der Waals surface area contributed by atoms with Crippen molar-refractivity contribution in [2.75, 3.05) is 18.2 Å². The third-order valence-electron chi connectivity index (χ3n) is 2.71. The van der Waals surface area contributed by atoms with Crippen molar-refractivity contribution in [2.24, 2.45) is 0 Å². The number of carbonyl (C=O) groups is 1. The fourth-order valence-electron chi connectivity index (χ4n) is 1.66. The zero-order chi connectivity index (χ0) is 14.7. The first kappa shape index (κ1) is 13.7. The van der Waals surface area contributed by atoms with Crippen molar-refractivity contribution in [3.63, 3.8) is 0 Å². The second kappa shape index (κ2) is 5.48. The summed E-state index contributed by atoms with van der Waals surface area (Å²) >= 11 is 0. The van der Waals surface area contributed by atoms with Gasteiger partial charge in [0.1, 0.15) is 17.3 Å². The Morgan fingerprint density at radius 3 is 2.70 bits per heavy atom. The molecule has 6 heteroatoms. The molecule has 1 amide bonds. The molecule has 2 aromatic rings.